The van der Waals surface area contributed by atoms with E-state index in [1.54, 1.807) is 0 Å². The van der Waals surface area contributed by atoms with Crippen LogP contribution in [0.5, 0.6) is 5.88 Å². The molecule has 0 radical (unpaired) electrons. The molecule has 1 aromatic rings. The zero-order chi connectivity index (χ0) is 16.0. The molecule has 1 aromatic heterocycles. The first-order valence-electron chi connectivity index (χ1n) is 8.06. The maximum atomic E-state index is 5.86. The van der Waals surface area contributed by atoms with Crippen LogP contribution in [-0.2, 0) is 12.0 Å². The highest BCUT2D eigenvalue weighted by Crippen LogP contribution is 2.24. The molecule has 0 spiro atoms. The van der Waals surface area contributed by atoms with Gasteiger partial charge in [0.1, 0.15) is 0 Å². The largest absolute Gasteiger partial charge is 0.478 e. The lowest BCUT2D eigenvalue weighted by Crippen LogP contribution is -2.23. The summed E-state index contributed by atoms with van der Waals surface area (Å²) in [4.78, 5) is 4.68. The van der Waals surface area contributed by atoms with Gasteiger partial charge in [0.15, 0.2) is 0 Å². The number of pyridine rings is 1. The SMILES string of the molecule is CC(C)CCOc1cc(CNC(C)C)cc(C(C)(C)C)n1. The maximum Gasteiger partial charge on any atom is 0.213 e. The summed E-state index contributed by atoms with van der Waals surface area (Å²) in [6.07, 6.45) is 1.06. The molecule has 0 saturated carbocycles. The van der Waals surface area contributed by atoms with Gasteiger partial charge >= 0.3 is 0 Å². The Bertz CT molecular complexity index is 433. The Balaban J connectivity index is 2.87. The molecule has 0 atom stereocenters. The number of aromatic nitrogens is 1. The third kappa shape index (κ3) is 6.94. The topological polar surface area (TPSA) is 34.1 Å². The Hall–Kier alpha value is -1.09. The Labute approximate surface area is 130 Å². The number of nitrogens with one attached hydrogen (secondary N) is 1. The van der Waals surface area contributed by atoms with Crippen LogP contribution in [0.3, 0.4) is 0 Å². The lowest BCUT2D eigenvalue weighted by molar-refractivity contribution is 0.277. The quantitative estimate of drug-likeness (QED) is 0.813. The van der Waals surface area contributed by atoms with Crippen molar-refractivity contribution in [3.63, 3.8) is 0 Å². The van der Waals surface area contributed by atoms with Gasteiger partial charge < -0.3 is 10.1 Å². The predicted molar refractivity (Wildman–Crippen MR) is 89.9 cm³/mol. The highest BCUT2D eigenvalue weighted by Gasteiger charge is 2.17. The zero-order valence-corrected chi connectivity index (χ0v) is 14.8. The molecule has 0 unspecified atom stereocenters. The smallest absolute Gasteiger partial charge is 0.213 e. The molecule has 0 fully saturated rings. The molecule has 0 aliphatic heterocycles. The number of hydrogen-bond donors (Lipinski definition) is 1. The molecular weight excluding hydrogens is 260 g/mol. The van der Waals surface area contributed by atoms with Crippen molar-refractivity contribution < 1.29 is 4.74 Å². The first kappa shape index (κ1) is 18.0. The summed E-state index contributed by atoms with van der Waals surface area (Å²) in [5.74, 6) is 1.40. The molecule has 1 heterocycles. The Morgan fingerprint density at radius 2 is 1.81 bits per heavy atom. The second-order valence-electron chi connectivity index (χ2n) is 7.52. The normalized spacial score (nSPS) is 12.2. The first-order valence-corrected chi connectivity index (χ1v) is 8.06. The Morgan fingerprint density at radius 3 is 2.33 bits per heavy atom. The van der Waals surface area contributed by atoms with E-state index in [4.69, 9.17) is 4.74 Å². The third-order valence-electron chi connectivity index (χ3n) is 3.29. The van der Waals surface area contributed by atoms with Crippen LogP contribution >= 0.6 is 0 Å². The molecule has 120 valence electrons. The van der Waals surface area contributed by atoms with Gasteiger partial charge in [-0.25, -0.2) is 4.98 Å². The fraction of sp³-hybridized carbons (Fsp3) is 0.722. The fourth-order valence-corrected chi connectivity index (χ4v) is 1.84. The van der Waals surface area contributed by atoms with E-state index in [0.717, 1.165) is 31.1 Å². The van der Waals surface area contributed by atoms with E-state index in [1.807, 2.05) is 0 Å². The molecule has 3 nitrogen and oxygen atoms in total. The second-order valence-corrected chi connectivity index (χ2v) is 7.52. The van der Waals surface area contributed by atoms with Crippen molar-refractivity contribution >= 4 is 0 Å². The van der Waals surface area contributed by atoms with E-state index in [0.29, 0.717) is 12.0 Å². The summed E-state index contributed by atoms with van der Waals surface area (Å²) in [6.45, 7) is 16.9. The fourth-order valence-electron chi connectivity index (χ4n) is 1.84. The van der Waals surface area contributed by atoms with Crippen LogP contribution in [0.25, 0.3) is 0 Å². The van der Waals surface area contributed by atoms with E-state index in [1.165, 1.54) is 5.56 Å². The average molecular weight is 292 g/mol. The van der Waals surface area contributed by atoms with E-state index in [9.17, 15) is 0 Å². The van der Waals surface area contributed by atoms with Crippen molar-refractivity contribution in [2.45, 2.75) is 72.9 Å². The standard InChI is InChI=1S/C18H32N2O/c1-13(2)8-9-21-17-11-15(12-19-14(3)4)10-16(20-17)18(5,6)7/h10-11,13-14,19H,8-9,12H2,1-7H3. The van der Waals surface area contributed by atoms with Crippen LogP contribution in [0, 0.1) is 5.92 Å². The minimum Gasteiger partial charge on any atom is -0.478 e. The molecule has 0 aliphatic rings. The summed E-state index contributed by atoms with van der Waals surface area (Å²) >= 11 is 0. The number of hydrogen-bond acceptors (Lipinski definition) is 3. The van der Waals surface area contributed by atoms with Crippen LogP contribution in [0.2, 0.25) is 0 Å². The van der Waals surface area contributed by atoms with Gasteiger partial charge in [0.05, 0.1) is 12.3 Å². The van der Waals surface area contributed by atoms with E-state index < -0.39 is 0 Å². The number of ether oxygens (including phenoxy) is 1. The predicted octanol–water partition coefficient (Wildman–Crippen LogP) is 4.30. The molecule has 0 saturated heterocycles. The van der Waals surface area contributed by atoms with Crippen molar-refractivity contribution in [2.75, 3.05) is 6.61 Å². The molecular formula is C18H32N2O. The Kier molecular flexibility index (Phi) is 6.66. The molecule has 1 rings (SSSR count). The first-order chi connectivity index (χ1) is 9.68. The average Bonchev–Trinajstić information content (AvgIpc) is 2.34. The summed E-state index contributed by atoms with van der Waals surface area (Å²) in [5, 5.41) is 3.46. The highest BCUT2D eigenvalue weighted by molar-refractivity contribution is 5.28. The van der Waals surface area contributed by atoms with Gasteiger partial charge in [-0.3, -0.25) is 0 Å². The maximum absolute atomic E-state index is 5.86. The van der Waals surface area contributed by atoms with E-state index in [-0.39, 0.29) is 5.41 Å². The molecule has 0 aliphatic carbocycles. The van der Waals surface area contributed by atoms with Gasteiger partial charge in [-0.05, 0) is 24.0 Å². The molecule has 0 aromatic carbocycles. The summed E-state index contributed by atoms with van der Waals surface area (Å²) in [7, 11) is 0. The zero-order valence-electron chi connectivity index (χ0n) is 14.8. The summed E-state index contributed by atoms with van der Waals surface area (Å²) in [5.41, 5.74) is 2.36. The van der Waals surface area contributed by atoms with Crippen LogP contribution < -0.4 is 10.1 Å². The number of rotatable bonds is 7. The minimum atomic E-state index is 0.0317. The second kappa shape index (κ2) is 7.79. The van der Waals surface area contributed by atoms with Gasteiger partial charge in [-0.1, -0.05) is 48.5 Å². The lowest BCUT2D eigenvalue weighted by Gasteiger charge is -2.20. The van der Waals surface area contributed by atoms with Crippen molar-refractivity contribution in [1.82, 2.24) is 10.3 Å². The van der Waals surface area contributed by atoms with Gasteiger partial charge in [0.2, 0.25) is 5.88 Å². The van der Waals surface area contributed by atoms with Crippen LogP contribution in [-0.4, -0.2) is 17.6 Å². The van der Waals surface area contributed by atoms with Gasteiger partial charge in [0.25, 0.3) is 0 Å². The van der Waals surface area contributed by atoms with Crippen molar-refractivity contribution in [2.24, 2.45) is 5.92 Å². The van der Waals surface area contributed by atoms with E-state index >= 15 is 0 Å². The molecule has 3 heteroatoms. The van der Waals surface area contributed by atoms with Crippen molar-refractivity contribution in [3.05, 3.63) is 23.4 Å². The summed E-state index contributed by atoms with van der Waals surface area (Å²) < 4.78 is 5.86. The molecule has 21 heavy (non-hydrogen) atoms. The summed E-state index contributed by atoms with van der Waals surface area (Å²) in [6, 6.07) is 4.72. The molecule has 1 N–H and O–H groups in total. The van der Waals surface area contributed by atoms with Crippen LogP contribution in [0.1, 0.15) is 66.1 Å². The third-order valence-corrected chi connectivity index (χ3v) is 3.29. The monoisotopic (exact) mass is 292 g/mol. The lowest BCUT2D eigenvalue weighted by atomic mass is 9.91. The minimum absolute atomic E-state index is 0.0317. The number of nitrogens with zero attached hydrogens (tertiary/aromatic N) is 1. The van der Waals surface area contributed by atoms with Gasteiger partial charge in [-0.2, -0.15) is 0 Å². The van der Waals surface area contributed by atoms with Crippen molar-refractivity contribution in [1.29, 1.82) is 0 Å². The van der Waals surface area contributed by atoms with Crippen LogP contribution in [0.15, 0.2) is 12.1 Å². The highest BCUT2D eigenvalue weighted by atomic mass is 16.5. The van der Waals surface area contributed by atoms with Gasteiger partial charge in [-0.15, -0.1) is 0 Å². The molecule has 0 amide bonds. The molecule has 0 bridgehead atoms. The van der Waals surface area contributed by atoms with E-state index in [2.05, 4.69) is 70.9 Å². The van der Waals surface area contributed by atoms with Crippen molar-refractivity contribution in [3.8, 4) is 5.88 Å². The Morgan fingerprint density at radius 1 is 1.14 bits per heavy atom. The van der Waals surface area contributed by atoms with Crippen LogP contribution in [0.4, 0.5) is 0 Å². The van der Waals surface area contributed by atoms with Gasteiger partial charge in [0, 0.05) is 24.1 Å².